The molecule has 150 valence electrons. The molecule has 0 aliphatic carbocycles. The van der Waals surface area contributed by atoms with Crippen molar-refractivity contribution >= 4 is 29.3 Å². The Bertz CT molecular complexity index is 1030. The second-order valence-corrected chi connectivity index (χ2v) is 6.81. The fourth-order valence-electron chi connectivity index (χ4n) is 2.27. The number of hydrogen-bond donors (Lipinski definition) is 2. The highest BCUT2D eigenvalue weighted by Gasteiger charge is 2.20. The van der Waals surface area contributed by atoms with E-state index < -0.39 is 16.7 Å². The van der Waals surface area contributed by atoms with Gasteiger partial charge in [-0.2, -0.15) is 0 Å². The lowest BCUT2D eigenvalue weighted by atomic mass is 10.2. The highest BCUT2D eigenvalue weighted by atomic mass is 32.2. The van der Waals surface area contributed by atoms with Crippen LogP contribution in [-0.4, -0.2) is 38.0 Å². The molecule has 0 bridgehead atoms. The molecular weight excluding hydrogens is 400 g/mol. The molecule has 0 saturated heterocycles. The first-order valence-corrected chi connectivity index (χ1v) is 9.13. The monoisotopic (exact) mass is 416 g/mol. The summed E-state index contributed by atoms with van der Waals surface area (Å²) in [5.41, 5.74) is -0.175. The van der Waals surface area contributed by atoms with E-state index in [1.807, 2.05) is 0 Å². The average Bonchev–Trinajstić information content (AvgIpc) is 3.36. The van der Waals surface area contributed by atoms with Crippen molar-refractivity contribution in [3.8, 4) is 0 Å². The molecule has 2 amide bonds. The highest BCUT2D eigenvalue weighted by molar-refractivity contribution is 7.99. The SMILES string of the molecule is Cn1cnnc1Sc1ccc(C(=O)NCC(=O)NCc2ccco2)cc1[N+](=O)[O-]. The van der Waals surface area contributed by atoms with Gasteiger partial charge < -0.3 is 19.6 Å². The lowest BCUT2D eigenvalue weighted by molar-refractivity contribution is -0.387. The predicted molar refractivity (Wildman–Crippen MR) is 101 cm³/mol. The van der Waals surface area contributed by atoms with E-state index in [4.69, 9.17) is 4.42 Å². The molecule has 0 atom stereocenters. The van der Waals surface area contributed by atoms with Crippen LogP contribution in [0.15, 0.2) is 57.4 Å². The van der Waals surface area contributed by atoms with E-state index >= 15 is 0 Å². The number of nitrogens with one attached hydrogen (secondary N) is 2. The van der Waals surface area contributed by atoms with E-state index in [0.717, 1.165) is 17.8 Å². The van der Waals surface area contributed by atoms with Crippen molar-refractivity contribution in [3.05, 3.63) is 64.4 Å². The van der Waals surface area contributed by atoms with Crippen molar-refractivity contribution in [1.29, 1.82) is 0 Å². The second-order valence-electron chi connectivity index (χ2n) is 5.80. The predicted octanol–water partition coefficient (Wildman–Crippen LogP) is 1.51. The molecule has 1 aromatic carbocycles. The van der Waals surface area contributed by atoms with Crippen LogP contribution in [0, 0.1) is 10.1 Å². The Labute approximate surface area is 168 Å². The number of amides is 2. The van der Waals surface area contributed by atoms with E-state index in [1.165, 1.54) is 24.7 Å². The lowest BCUT2D eigenvalue weighted by Crippen LogP contribution is -2.36. The molecule has 2 heterocycles. The number of carbonyl (C=O) groups is 2. The van der Waals surface area contributed by atoms with Crippen LogP contribution in [0.4, 0.5) is 5.69 Å². The van der Waals surface area contributed by atoms with Gasteiger partial charge >= 0.3 is 0 Å². The summed E-state index contributed by atoms with van der Waals surface area (Å²) >= 11 is 1.06. The zero-order valence-corrected chi connectivity index (χ0v) is 16.0. The van der Waals surface area contributed by atoms with E-state index in [-0.39, 0.29) is 24.3 Å². The Hall–Kier alpha value is -3.67. The maximum atomic E-state index is 12.3. The summed E-state index contributed by atoms with van der Waals surface area (Å²) < 4.78 is 6.71. The smallest absolute Gasteiger partial charge is 0.284 e. The van der Waals surface area contributed by atoms with E-state index in [9.17, 15) is 19.7 Å². The van der Waals surface area contributed by atoms with Crippen LogP contribution in [0.3, 0.4) is 0 Å². The molecular formula is C17H16N6O5S. The number of aryl methyl sites for hydroxylation is 1. The molecule has 2 N–H and O–H groups in total. The molecule has 0 unspecified atom stereocenters. The third kappa shape index (κ3) is 5.19. The molecule has 0 radical (unpaired) electrons. The van der Waals surface area contributed by atoms with Crippen molar-refractivity contribution in [1.82, 2.24) is 25.4 Å². The molecule has 3 rings (SSSR count). The van der Waals surface area contributed by atoms with Gasteiger partial charge in [-0.15, -0.1) is 10.2 Å². The number of nitro benzene ring substituents is 1. The molecule has 29 heavy (non-hydrogen) atoms. The molecule has 11 nitrogen and oxygen atoms in total. The van der Waals surface area contributed by atoms with Crippen molar-refractivity contribution in [2.45, 2.75) is 16.6 Å². The summed E-state index contributed by atoms with van der Waals surface area (Å²) in [4.78, 5) is 35.3. The Kier molecular flexibility index (Phi) is 6.24. The number of furan rings is 1. The first kappa shape index (κ1) is 20.1. The number of nitro groups is 1. The third-order valence-corrected chi connectivity index (χ3v) is 4.86. The van der Waals surface area contributed by atoms with Gasteiger partial charge in [0.1, 0.15) is 12.1 Å². The highest BCUT2D eigenvalue weighted by Crippen LogP contribution is 2.34. The van der Waals surface area contributed by atoms with Crippen LogP contribution in [0.1, 0.15) is 16.1 Å². The Balaban J connectivity index is 1.62. The summed E-state index contributed by atoms with van der Waals surface area (Å²) in [6.07, 6.45) is 2.97. The van der Waals surface area contributed by atoms with Gasteiger partial charge in [0.15, 0.2) is 5.16 Å². The maximum absolute atomic E-state index is 12.3. The molecule has 2 aromatic heterocycles. The fraction of sp³-hybridized carbons (Fsp3) is 0.176. The number of hydrogen-bond acceptors (Lipinski definition) is 8. The Morgan fingerprint density at radius 1 is 1.31 bits per heavy atom. The topological polar surface area (TPSA) is 145 Å². The quantitative estimate of drug-likeness (QED) is 0.415. The summed E-state index contributed by atoms with van der Waals surface area (Å²) in [5.74, 6) is -0.438. The van der Waals surface area contributed by atoms with Gasteiger partial charge in [-0.1, -0.05) is 0 Å². The van der Waals surface area contributed by atoms with Gasteiger partial charge in [0.05, 0.1) is 29.2 Å². The first-order valence-electron chi connectivity index (χ1n) is 8.31. The Morgan fingerprint density at radius 3 is 2.79 bits per heavy atom. The van der Waals surface area contributed by atoms with Crippen LogP contribution >= 0.6 is 11.8 Å². The zero-order chi connectivity index (χ0) is 20.8. The minimum atomic E-state index is -0.601. The minimum Gasteiger partial charge on any atom is -0.467 e. The largest absolute Gasteiger partial charge is 0.467 e. The Morgan fingerprint density at radius 2 is 2.14 bits per heavy atom. The van der Waals surface area contributed by atoms with Crippen molar-refractivity contribution < 1.29 is 18.9 Å². The average molecular weight is 416 g/mol. The van der Waals surface area contributed by atoms with E-state index in [1.54, 1.807) is 23.7 Å². The summed E-state index contributed by atoms with van der Waals surface area (Å²) in [6, 6.07) is 7.47. The lowest BCUT2D eigenvalue weighted by Gasteiger charge is -2.07. The van der Waals surface area contributed by atoms with Crippen LogP contribution in [-0.2, 0) is 18.4 Å². The standard InChI is InChI=1S/C17H16N6O5S/c1-22-10-20-21-17(22)29-14-5-4-11(7-13(14)23(26)27)16(25)19-9-15(24)18-8-12-3-2-6-28-12/h2-7,10H,8-9H2,1H3,(H,18,24)(H,19,25). The van der Waals surface area contributed by atoms with Gasteiger partial charge in [-0.25, -0.2) is 0 Å². The van der Waals surface area contributed by atoms with Gasteiger partial charge in [0.25, 0.3) is 11.6 Å². The van der Waals surface area contributed by atoms with Crippen molar-refractivity contribution in [3.63, 3.8) is 0 Å². The summed E-state index contributed by atoms with van der Waals surface area (Å²) in [7, 11) is 1.72. The van der Waals surface area contributed by atoms with Crippen molar-refractivity contribution in [2.24, 2.45) is 7.05 Å². The van der Waals surface area contributed by atoms with Crippen LogP contribution in [0.5, 0.6) is 0 Å². The second kappa shape index (κ2) is 9.01. The maximum Gasteiger partial charge on any atom is 0.284 e. The van der Waals surface area contributed by atoms with Gasteiger partial charge in [-0.3, -0.25) is 19.7 Å². The summed E-state index contributed by atoms with van der Waals surface area (Å²) in [5, 5.41) is 24.5. The third-order valence-electron chi connectivity index (χ3n) is 3.74. The molecule has 0 spiro atoms. The van der Waals surface area contributed by atoms with Gasteiger partial charge in [-0.05, 0) is 36.0 Å². The van der Waals surface area contributed by atoms with E-state index in [2.05, 4.69) is 20.8 Å². The normalized spacial score (nSPS) is 10.5. The number of carbonyl (C=O) groups excluding carboxylic acids is 2. The molecule has 0 aliphatic rings. The zero-order valence-electron chi connectivity index (χ0n) is 15.2. The number of nitrogens with zero attached hydrogens (tertiary/aromatic N) is 4. The van der Waals surface area contributed by atoms with E-state index in [0.29, 0.717) is 15.8 Å². The van der Waals surface area contributed by atoms with Crippen LogP contribution < -0.4 is 10.6 Å². The van der Waals surface area contributed by atoms with Crippen LogP contribution in [0.25, 0.3) is 0 Å². The number of benzene rings is 1. The molecule has 3 aromatic rings. The summed E-state index contributed by atoms with van der Waals surface area (Å²) in [6.45, 7) is -0.0794. The molecule has 0 aliphatic heterocycles. The number of aromatic nitrogens is 3. The van der Waals surface area contributed by atoms with Gasteiger partial charge in [0.2, 0.25) is 5.91 Å². The number of rotatable bonds is 8. The van der Waals surface area contributed by atoms with Crippen LogP contribution in [0.2, 0.25) is 0 Å². The fourth-order valence-corrected chi connectivity index (χ4v) is 3.12. The van der Waals surface area contributed by atoms with Gasteiger partial charge in [0, 0.05) is 18.7 Å². The molecule has 12 heteroatoms. The first-order chi connectivity index (χ1) is 13.9. The molecule has 0 saturated carbocycles. The minimum absolute atomic E-state index is 0.0675. The van der Waals surface area contributed by atoms with Crippen molar-refractivity contribution in [2.75, 3.05) is 6.54 Å². The molecule has 0 fully saturated rings.